The lowest BCUT2D eigenvalue weighted by atomic mass is 10.1. The molecule has 2 aromatic carbocycles. The Kier molecular flexibility index (Phi) is 7.66. The van der Waals surface area contributed by atoms with E-state index in [2.05, 4.69) is 15.8 Å². The van der Waals surface area contributed by atoms with Crippen LogP contribution in [0.2, 0.25) is 0 Å². The predicted molar refractivity (Wildman–Crippen MR) is 106 cm³/mol. The van der Waals surface area contributed by atoms with E-state index in [-0.39, 0.29) is 41.5 Å². The second-order valence-corrected chi connectivity index (χ2v) is 5.73. The zero-order valence-corrected chi connectivity index (χ0v) is 15.9. The van der Waals surface area contributed by atoms with Gasteiger partial charge in [-0.25, -0.2) is 5.43 Å². The molecule has 2 aromatic rings. The van der Waals surface area contributed by atoms with Crippen LogP contribution in [0.25, 0.3) is 0 Å². The smallest absolute Gasteiger partial charge is 0.282 e. The number of rotatable bonds is 9. The zero-order chi connectivity index (χ0) is 21.2. The second-order valence-electron chi connectivity index (χ2n) is 5.73. The van der Waals surface area contributed by atoms with Crippen LogP contribution in [0.15, 0.2) is 47.6 Å². The Morgan fingerprint density at radius 2 is 1.69 bits per heavy atom. The van der Waals surface area contributed by atoms with Crippen molar-refractivity contribution in [3.63, 3.8) is 0 Å². The molecule has 0 spiro atoms. The molecule has 2 N–H and O–H groups in total. The highest BCUT2D eigenvalue weighted by Gasteiger charge is 2.18. The first kappa shape index (κ1) is 21.4. The second kappa shape index (κ2) is 10.4. The highest BCUT2D eigenvalue weighted by Crippen LogP contribution is 2.33. The molecular formula is C19H20N4O6. The van der Waals surface area contributed by atoms with Crippen molar-refractivity contribution in [3.8, 4) is 11.5 Å². The van der Waals surface area contributed by atoms with Crippen LogP contribution in [-0.4, -0.2) is 37.2 Å². The summed E-state index contributed by atoms with van der Waals surface area (Å²) >= 11 is 0. The van der Waals surface area contributed by atoms with Gasteiger partial charge in [-0.2, -0.15) is 5.10 Å². The van der Waals surface area contributed by atoms with Gasteiger partial charge in [-0.15, -0.1) is 0 Å². The molecule has 0 heterocycles. The SMILES string of the molecule is COc1cc(C=NNC(=O)CCC(=O)Nc2ccccc2)c([N+](=O)[O-])cc1OC. The maximum atomic E-state index is 11.8. The topological polar surface area (TPSA) is 132 Å². The summed E-state index contributed by atoms with van der Waals surface area (Å²) < 4.78 is 10.2. The number of carbonyl (C=O) groups excluding carboxylic acids is 2. The number of nitro benzene ring substituents is 1. The van der Waals surface area contributed by atoms with Crippen molar-refractivity contribution in [1.29, 1.82) is 0 Å². The standard InChI is InChI=1S/C19H20N4O6/c1-28-16-10-13(15(23(26)27)11-17(16)29-2)12-20-22-19(25)9-8-18(24)21-14-6-4-3-5-7-14/h3-7,10-12H,8-9H2,1-2H3,(H,21,24)(H,22,25). The van der Waals surface area contributed by atoms with Crippen LogP contribution >= 0.6 is 0 Å². The minimum atomic E-state index is -0.598. The fourth-order valence-electron chi connectivity index (χ4n) is 2.35. The van der Waals surface area contributed by atoms with Gasteiger partial charge in [0, 0.05) is 18.5 Å². The number of benzene rings is 2. The van der Waals surface area contributed by atoms with E-state index >= 15 is 0 Å². The molecule has 10 heteroatoms. The summed E-state index contributed by atoms with van der Waals surface area (Å²) in [6.07, 6.45) is 0.999. The van der Waals surface area contributed by atoms with Gasteiger partial charge in [0.25, 0.3) is 5.69 Å². The molecule has 0 aliphatic carbocycles. The summed E-state index contributed by atoms with van der Waals surface area (Å²) in [5.41, 5.74) is 2.73. The molecule has 2 rings (SSSR count). The number of nitro groups is 1. The number of para-hydroxylation sites is 1. The van der Waals surface area contributed by atoms with E-state index in [1.54, 1.807) is 24.3 Å². The highest BCUT2D eigenvalue weighted by molar-refractivity contribution is 5.93. The van der Waals surface area contributed by atoms with E-state index < -0.39 is 10.8 Å². The molecule has 0 fully saturated rings. The van der Waals surface area contributed by atoms with E-state index in [4.69, 9.17) is 9.47 Å². The maximum absolute atomic E-state index is 11.8. The van der Waals surface area contributed by atoms with E-state index in [9.17, 15) is 19.7 Å². The third-order valence-corrected chi connectivity index (χ3v) is 3.76. The van der Waals surface area contributed by atoms with Gasteiger partial charge < -0.3 is 14.8 Å². The number of amides is 2. The monoisotopic (exact) mass is 400 g/mol. The van der Waals surface area contributed by atoms with E-state index in [1.807, 2.05) is 6.07 Å². The molecule has 0 aromatic heterocycles. The van der Waals surface area contributed by atoms with Crippen LogP contribution in [0.1, 0.15) is 18.4 Å². The van der Waals surface area contributed by atoms with Gasteiger partial charge in [0.15, 0.2) is 11.5 Å². The zero-order valence-electron chi connectivity index (χ0n) is 15.9. The number of hydrazone groups is 1. The fraction of sp³-hybridized carbons (Fsp3) is 0.211. The van der Waals surface area contributed by atoms with Crippen LogP contribution in [0.4, 0.5) is 11.4 Å². The molecule has 2 amide bonds. The quantitative estimate of drug-likeness (QED) is 0.377. The summed E-state index contributed by atoms with van der Waals surface area (Å²) in [6.45, 7) is 0. The minimum absolute atomic E-state index is 0.0350. The van der Waals surface area contributed by atoms with E-state index in [1.165, 1.54) is 26.4 Å². The molecule has 0 saturated heterocycles. The van der Waals surface area contributed by atoms with E-state index in [0.717, 1.165) is 6.21 Å². The van der Waals surface area contributed by atoms with Crippen molar-refractivity contribution in [2.45, 2.75) is 12.8 Å². The van der Waals surface area contributed by atoms with Gasteiger partial charge in [0.1, 0.15) is 0 Å². The molecule has 0 radical (unpaired) electrons. The molecule has 0 atom stereocenters. The van der Waals surface area contributed by atoms with Gasteiger partial charge in [0.05, 0.1) is 37.0 Å². The molecule has 29 heavy (non-hydrogen) atoms. The largest absolute Gasteiger partial charge is 0.493 e. The Bertz CT molecular complexity index is 914. The Labute approximate surface area is 166 Å². The number of nitrogens with zero attached hydrogens (tertiary/aromatic N) is 2. The fourth-order valence-corrected chi connectivity index (χ4v) is 2.35. The lowest BCUT2D eigenvalue weighted by molar-refractivity contribution is -0.385. The van der Waals surface area contributed by atoms with Gasteiger partial charge in [0.2, 0.25) is 11.8 Å². The predicted octanol–water partition coefficient (Wildman–Crippen LogP) is 2.48. The Morgan fingerprint density at radius 1 is 1.07 bits per heavy atom. The van der Waals surface area contributed by atoms with Crippen molar-refractivity contribution in [3.05, 3.63) is 58.1 Å². The molecule has 0 bridgehead atoms. The number of anilines is 1. The van der Waals surface area contributed by atoms with Crippen LogP contribution in [-0.2, 0) is 9.59 Å². The summed E-state index contributed by atoms with van der Waals surface area (Å²) in [4.78, 5) is 34.3. The average molecular weight is 400 g/mol. The van der Waals surface area contributed by atoms with Gasteiger partial charge in [-0.1, -0.05) is 18.2 Å². The minimum Gasteiger partial charge on any atom is -0.493 e. The Morgan fingerprint density at radius 3 is 2.31 bits per heavy atom. The van der Waals surface area contributed by atoms with Gasteiger partial charge in [-0.3, -0.25) is 19.7 Å². The van der Waals surface area contributed by atoms with Gasteiger partial charge >= 0.3 is 0 Å². The normalized spacial score (nSPS) is 10.4. The van der Waals surface area contributed by atoms with Gasteiger partial charge in [-0.05, 0) is 18.2 Å². The van der Waals surface area contributed by atoms with Crippen LogP contribution in [0.5, 0.6) is 11.5 Å². The van der Waals surface area contributed by atoms with Crippen molar-refractivity contribution in [2.75, 3.05) is 19.5 Å². The highest BCUT2D eigenvalue weighted by atomic mass is 16.6. The number of methoxy groups -OCH3 is 2. The Balaban J connectivity index is 1.94. The van der Waals surface area contributed by atoms with Crippen LogP contribution in [0.3, 0.4) is 0 Å². The molecule has 0 aliphatic heterocycles. The van der Waals surface area contributed by atoms with Crippen molar-refractivity contribution in [1.82, 2.24) is 5.43 Å². The summed E-state index contributed by atoms with van der Waals surface area (Å²) in [5, 5.41) is 17.6. The van der Waals surface area contributed by atoms with Crippen molar-refractivity contribution >= 4 is 29.4 Å². The summed E-state index contributed by atoms with van der Waals surface area (Å²) in [7, 11) is 2.76. The average Bonchev–Trinajstić information content (AvgIpc) is 2.72. The number of carbonyl (C=O) groups is 2. The van der Waals surface area contributed by atoms with Crippen LogP contribution in [0, 0.1) is 10.1 Å². The molecule has 0 saturated carbocycles. The first-order valence-electron chi connectivity index (χ1n) is 8.51. The van der Waals surface area contributed by atoms with Crippen molar-refractivity contribution < 1.29 is 24.0 Å². The first-order chi connectivity index (χ1) is 13.9. The molecule has 0 aliphatic rings. The van der Waals surface area contributed by atoms with Crippen molar-refractivity contribution in [2.24, 2.45) is 5.10 Å². The molecule has 152 valence electrons. The maximum Gasteiger partial charge on any atom is 0.282 e. The number of nitrogens with one attached hydrogen (secondary N) is 2. The third-order valence-electron chi connectivity index (χ3n) is 3.76. The van der Waals surface area contributed by atoms with E-state index in [0.29, 0.717) is 5.69 Å². The molecular weight excluding hydrogens is 380 g/mol. The third kappa shape index (κ3) is 6.31. The molecule has 10 nitrogen and oxygen atoms in total. The first-order valence-corrected chi connectivity index (χ1v) is 8.51. The number of ether oxygens (including phenoxy) is 2. The Hall–Kier alpha value is -3.95. The molecule has 0 unspecified atom stereocenters. The lowest BCUT2D eigenvalue weighted by Crippen LogP contribution is -2.20. The summed E-state index contributed by atoms with van der Waals surface area (Å²) in [5.74, 6) is -0.341. The lowest BCUT2D eigenvalue weighted by Gasteiger charge is -2.08. The van der Waals surface area contributed by atoms with Crippen LogP contribution < -0.4 is 20.2 Å². The summed E-state index contributed by atoms with van der Waals surface area (Å²) in [6, 6.07) is 11.4. The number of hydrogen-bond donors (Lipinski definition) is 2. The number of hydrogen-bond acceptors (Lipinski definition) is 7.